The second-order valence-corrected chi connectivity index (χ2v) is 6.94. The van der Waals surface area contributed by atoms with Crippen LogP contribution in [0.1, 0.15) is 41.4 Å². The zero-order valence-electron chi connectivity index (χ0n) is 16.4. The van der Waals surface area contributed by atoms with E-state index in [2.05, 4.69) is 10.6 Å². The van der Waals surface area contributed by atoms with Crippen molar-refractivity contribution in [3.05, 3.63) is 71.3 Å². The molecule has 2 atom stereocenters. The van der Waals surface area contributed by atoms with Gasteiger partial charge in [0.1, 0.15) is 6.04 Å². The first kappa shape index (κ1) is 20.6. The Morgan fingerprint density at radius 3 is 2.19 bits per heavy atom. The Hall–Kier alpha value is -2.66. The minimum atomic E-state index is -0.618. The van der Waals surface area contributed by atoms with Crippen molar-refractivity contribution in [3.8, 4) is 0 Å². The van der Waals surface area contributed by atoms with Crippen LogP contribution in [-0.4, -0.2) is 31.5 Å². The average molecular weight is 368 g/mol. The molecule has 0 aliphatic rings. The predicted octanol–water partition coefficient (Wildman–Crippen LogP) is 3.25. The van der Waals surface area contributed by atoms with Gasteiger partial charge in [0.2, 0.25) is 5.91 Å². The van der Waals surface area contributed by atoms with Crippen molar-refractivity contribution < 1.29 is 14.3 Å². The molecule has 0 fully saturated rings. The third-order valence-electron chi connectivity index (χ3n) is 4.47. The zero-order valence-corrected chi connectivity index (χ0v) is 16.4. The van der Waals surface area contributed by atoms with Crippen LogP contribution in [0.4, 0.5) is 0 Å². The highest BCUT2D eigenvalue weighted by molar-refractivity contribution is 5.97. The number of amides is 2. The molecular weight excluding hydrogens is 340 g/mol. The van der Waals surface area contributed by atoms with Gasteiger partial charge in [-0.2, -0.15) is 0 Å². The van der Waals surface area contributed by atoms with Crippen LogP contribution in [0, 0.1) is 12.8 Å². The molecule has 2 rings (SSSR count). The smallest absolute Gasteiger partial charge is 0.251 e. The Bertz CT molecular complexity index is 742. The highest BCUT2D eigenvalue weighted by Gasteiger charge is 2.25. The summed E-state index contributed by atoms with van der Waals surface area (Å²) in [6.45, 7) is 6.11. The van der Waals surface area contributed by atoms with Crippen molar-refractivity contribution in [2.24, 2.45) is 5.92 Å². The van der Waals surface area contributed by atoms with E-state index >= 15 is 0 Å². The van der Waals surface area contributed by atoms with Gasteiger partial charge in [0.25, 0.3) is 5.91 Å². The molecule has 144 valence electrons. The van der Waals surface area contributed by atoms with E-state index in [9.17, 15) is 9.59 Å². The van der Waals surface area contributed by atoms with Crippen molar-refractivity contribution in [2.75, 3.05) is 13.7 Å². The quantitative estimate of drug-likeness (QED) is 0.752. The normalized spacial score (nSPS) is 13.1. The van der Waals surface area contributed by atoms with Crippen LogP contribution in [0.5, 0.6) is 0 Å². The number of methoxy groups -OCH3 is 1. The molecule has 0 bridgehead atoms. The molecule has 0 aliphatic heterocycles. The number of benzene rings is 2. The first-order valence-corrected chi connectivity index (χ1v) is 9.15. The molecule has 2 N–H and O–H groups in total. The van der Waals surface area contributed by atoms with Crippen LogP contribution in [0.25, 0.3) is 0 Å². The van der Waals surface area contributed by atoms with Crippen LogP contribution in [0.15, 0.2) is 54.6 Å². The van der Waals surface area contributed by atoms with E-state index in [0.29, 0.717) is 12.1 Å². The Morgan fingerprint density at radius 1 is 1.00 bits per heavy atom. The lowest BCUT2D eigenvalue weighted by atomic mass is 10.0. The second kappa shape index (κ2) is 9.88. The molecule has 2 aromatic rings. The SMILES string of the molecule is COC(CNC(=O)C(NC(=O)c1ccc(C)cc1)C(C)C)c1ccccc1. The van der Waals surface area contributed by atoms with Crippen LogP contribution in [-0.2, 0) is 9.53 Å². The Kier molecular flexibility index (Phi) is 7.55. The van der Waals surface area contributed by atoms with Gasteiger partial charge in [-0.25, -0.2) is 0 Å². The fourth-order valence-corrected chi connectivity index (χ4v) is 2.77. The van der Waals surface area contributed by atoms with Crippen molar-refractivity contribution in [2.45, 2.75) is 32.9 Å². The standard InChI is InChI=1S/C22H28N2O3/c1-15(2)20(24-21(25)18-12-10-16(3)11-13-18)22(26)23-14-19(27-4)17-8-6-5-7-9-17/h5-13,15,19-20H,14H2,1-4H3,(H,23,26)(H,24,25). The third-order valence-corrected chi connectivity index (χ3v) is 4.47. The summed E-state index contributed by atoms with van der Waals surface area (Å²) in [5, 5.41) is 5.74. The fraction of sp³-hybridized carbons (Fsp3) is 0.364. The highest BCUT2D eigenvalue weighted by Crippen LogP contribution is 2.15. The molecule has 0 radical (unpaired) electrons. The summed E-state index contributed by atoms with van der Waals surface area (Å²) in [6.07, 6.45) is -0.240. The van der Waals surface area contributed by atoms with Gasteiger partial charge in [-0.1, -0.05) is 61.9 Å². The summed E-state index contributed by atoms with van der Waals surface area (Å²) < 4.78 is 5.49. The van der Waals surface area contributed by atoms with Crippen molar-refractivity contribution in [3.63, 3.8) is 0 Å². The molecule has 0 aliphatic carbocycles. The summed E-state index contributed by atoms with van der Waals surface area (Å²) in [5.74, 6) is -0.518. The maximum absolute atomic E-state index is 12.7. The number of nitrogens with one attached hydrogen (secondary N) is 2. The number of carbonyl (C=O) groups excluding carboxylic acids is 2. The molecule has 0 saturated heterocycles. The van der Waals surface area contributed by atoms with Gasteiger partial charge < -0.3 is 15.4 Å². The maximum Gasteiger partial charge on any atom is 0.251 e. The number of rotatable bonds is 8. The van der Waals surface area contributed by atoms with Gasteiger partial charge in [-0.15, -0.1) is 0 Å². The number of aryl methyl sites for hydroxylation is 1. The fourth-order valence-electron chi connectivity index (χ4n) is 2.77. The van der Waals surface area contributed by atoms with Gasteiger partial charge in [0.15, 0.2) is 0 Å². The van der Waals surface area contributed by atoms with Gasteiger partial charge in [-0.05, 0) is 30.5 Å². The van der Waals surface area contributed by atoms with E-state index in [1.807, 2.05) is 63.2 Å². The highest BCUT2D eigenvalue weighted by atomic mass is 16.5. The van der Waals surface area contributed by atoms with E-state index in [1.165, 1.54) is 0 Å². The Morgan fingerprint density at radius 2 is 1.63 bits per heavy atom. The molecular formula is C22H28N2O3. The van der Waals surface area contributed by atoms with Gasteiger partial charge >= 0.3 is 0 Å². The Labute approximate surface area is 161 Å². The number of hydrogen-bond donors (Lipinski definition) is 2. The largest absolute Gasteiger partial charge is 0.375 e. The van der Waals surface area contributed by atoms with E-state index in [4.69, 9.17) is 4.74 Å². The summed E-state index contributed by atoms with van der Waals surface area (Å²) in [5.41, 5.74) is 2.61. The van der Waals surface area contributed by atoms with Crippen molar-refractivity contribution in [1.82, 2.24) is 10.6 Å². The molecule has 2 amide bonds. The lowest BCUT2D eigenvalue weighted by Gasteiger charge is -2.23. The van der Waals surface area contributed by atoms with E-state index in [-0.39, 0.29) is 23.8 Å². The summed E-state index contributed by atoms with van der Waals surface area (Å²) >= 11 is 0. The predicted molar refractivity (Wildman–Crippen MR) is 106 cm³/mol. The monoisotopic (exact) mass is 368 g/mol. The minimum absolute atomic E-state index is 0.0443. The molecule has 27 heavy (non-hydrogen) atoms. The van der Waals surface area contributed by atoms with Crippen molar-refractivity contribution in [1.29, 1.82) is 0 Å². The van der Waals surface area contributed by atoms with Gasteiger partial charge in [0.05, 0.1) is 6.10 Å². The average Bonchev–Trinajstić information content (AvgIpc) is 2.67. The molecule has 2 unspecified atom stereocenters. The molecule has 0 saturated carbocycles. The molecule has 5 heteroatoms. The first-order chi connectivity index (χ1) is 12.9. The first-order valence-electron chi connectivity index (χ1n) is 9.15. The molecule has 2 aromatic carbocycles. The zero-order chi connectivity index (χ0) is 19.8. The van der Waals surface area contributed by atoms with Gasteiger partial charge in [0, 0.05) is 19.2 Å². The molecule has 0 heterocycles. The lowest BCUT2D eigenvalue weighted by molar-refractivity contribution is -0.124. The number of ether oxygens (including phenoxy) is 1. The number of carbonyl (C=O) groups is 2. The van der Waals surface area contributed by atoms with Crippen LogP contribution >= 0.6 is 0 Å². The van der Waals surface area contributed by atoms with E-state index in [0.717, 1.165) is 11.1 Å². The summed E-state index contributed by atoms with van der Waals surface area (Å²) in [6, 6.07) is 16.4. The lowest BCUT2D eigenvalue weighted by Crippen LogP contribution is -2.50. The Balaban J connectivity index is 1.99. The summed E-state index contributed by atoms with van der Waals surface area (Å²) in [7, 11) is 1.61. The molecule has 0 aromatic heterocycles. The second-order valence-electron chi connectivity index (χ2n) is 6.94. The van der Waals surface area contributed by atoms with Crippen molar-refractivity contribution >= 4 is 11.8 Å². The topological polar surface area (TPSA) is 67.4 Å². The third kappa shape index (κ3) is 5.93. The van der Waals surface area contributed by atoms with Crippen LogP contribution < -0.4 is 10.6 Å². The number of hydrogen-bond acceptors (Lipinski definition) is 3. The summed E-state index contributed by atoms with van der Waals surface area (Å²) in [4.78, 5) is 25.2. The van der Waals surface area contributed by atoms with E-state index in [1.54, 1.807) is 19.2 Å². The molecule has 5 nitrogen and oxygen atoms in total. The van der Waals surface area contributed by atoms with Gasteiger partial charge in [-0.3, -0.25) is 9.59 Å². The van der Waals surface area contributed by atoms with E-state index < -0.39 is 6.04 Å². The van der Waals surface area contributed by atoms with Crippen LogP contribution in [0.3, 0.4) is 0 Å². The minimum Gasteiger partial charge on any atom is -0.375 e. The van der Waals surface area contributed by atoms with Crippen LogP contribution in [0.2, 0.25) is 0 Å². The maximum atomic E-state index is 12.7. The molecule has 0 spiro atoms.